The third kappa shape index (κ3) is 3.22. The third-order valence-corrected chi connectivity index (χ3v) is 2.73. The molecule has 0 atom stereocenters. The van der Waals surface area contributed by atoms with Crippen LogP contribution >= 0.6 is 0 Å². The molecule has 0 spiro atoms. The number of nitriles is 1. The van der Waals surface area contributed by atoms with E-state index in [1.807, 2.05) is 30.1 Å². The maximum absolute atomic E-state index is 8.82. The van der Waals surface area contributed by atoms with Gasteiger partial charge in [0.1, 0.15) is 0 Å². The molecule has 2 N–H and O–H groups in total. The Labute approximate surface area is 101 Å². The molecular formula is C13H16N4. The van der Waals surface area contributed by atoms with Gasteiger partial charge in [-0.25, -0.2) is 4.99 Å². The van der Waals surface area contributed by atoms with Crippen LogP contribution in [-0.4, -0.2) is 23.9 Å². The molecule has 0 aromatic heterocycles. The highest BCUT2D eigenvalue weighted by atomic mass is 15.2. The molecule has 0 heterocycles. The molecule has 2 rings (SSSR count). The van der Waals surface area contributed by atoms with E-state index in [1.165, 1.54) is 0 Å². The summed E-state index contributed by atoms with van der Waals surface area (Å²) in [7, 11) is 1.92. The number of guanidine groups is 1. The van der Waals surface area contributed by atoms with Gasteiger partial charge in [0, 0.05) is 13.6 Å². The van der Waals surface area contributed by atoms with E-state index in [4.69, 9.17) is 11.0 Å². The fourth-order valence-corrected chi connectivity index (χ4v) is 1.58. The van der Waals surface area contributed by atoms with Crippen LogP contribution in [0.4, 0.5) is 0 Å². The van der Waals surface area contributed by atoms with Crippen molar-refractivity contribution in [2.45, 2.75) is 25.4 Å². The Morgan fingerprint density at radius 1 is 1.59 bits per heavy atom. The van der Waals surface area contributed by atoms with E-state index in [9.17, 15) is 0 Å². The van der Waals surface area contributed by atoms with Gasteiger partial charge >= 0.3 is 0 Å². The van der Waals surface area contributed by atoms with E-state index in [1.54, 1.807) is 6.07 Å². The zero-order valence-electron chi connectivity index (χ0n) is 9.93. The number of nitrogens with zero attached hydrogens (tertiary/aromatic N) is 3. The van der Waals surface area contributed by atoms with Crippen molar-refractivity contribution in [3.63, 3.8) is 0 Å². The standard InChI is InChI=1S/C13H16N4/c1-17(13(15)16-12-5-6-12)9-11-4-2-3-10(7-11)8-14/h2-4,7,12H,5-6,9H2,1H3,(H2,15,16). The normalized spacial score (nSPS) is 15.4. The van der Waals surface area contributed by atoms with Gasteiger partial charge in [0.15, 0.2) is 5.96 Å². The summed E-state index contributed by atoms with van der Waals surface area (Å²) in [6.45, 7) is 0.678. The smallest absolute Gasteiger partial charge is 0.191 e. The van der Waals surface area contributed by atoms with Crippen LogP contribution in [0.3, 0.4) is 0 Å². The van der Waals surface area contributed by atoms with Crippen molar-refractivity contribution in [3.8, 4) is 6.07 Å². The highest BCUT2D eigenvalue weighted by molar-refractivity contribution is 5.78. The summed E-state index contributed by atoms with van der Waals surface area (Å²) in [5.41, 5.74) is 7.63. The lowest BCUT2D eigenvalue weighted by atomic mass is 10.1. The van der Waals surface area contributed by atoms with Crippen LogP contribution in [0, 0.1) is 11.3 Å². The predicted molar refractivity (Wildman–Crippen MR) is 67.3 cm³/mol. The Bertz CT molecular complexity index is 469. The number of benzene rings is 1. The van der Waals surface area contributed by atoms with Gasteiger partial charge in [0.25, 0.3) is 0 Å². The first-order valence-corrected chi connectivity index (χ1v) is 5.72. The lowest BCUT2D eigenvalue weighted by Gasteiger charge is -2.18. The molecule has 0 bridgehead atoms. The summed E-state index contributed by atoms with van der Waals surface area (Å²) in [6.07, 6.45) is 2.30. The molecule has 1 saturated carbocycles. The first-order valence-electron chi connectivity index (χ1n) is 5.72. The lowest BCUT2D eigenvalue weighted by molar-refractivity contribution is 0.491. The van der Waals surface area contributed by atoms with Gasteiger partial charge in [-0.1, -0.05) is 12.1 Å². The average Bonchev–Trinajstić information content (AvgIpc) is 3.13. The summed E-state index contributed by atoms with van der Waals surface area (Å²) < 4.78 is 0. The van der Waals surface area contributed by atoms with Crippen molar-refractivity contribution in [2.24, 2.45) is 10.7 Å². The molecule has 0 unspecified atom stereocenters. The molecule has 88 valence electrons. The van der Waals surface area contributed by atoms with Gasteiger partial charge in [0.05, 0.1) is 17.7 Å². The monoisotopic (exact) mass is 228 g/mol. The molecule has 1 aromatic rings. The fourth-order valence-electron chi connectivity index (χ4n) is 1.58. The second-order valence-electron chi connectivity index (χ2n) is 4.39. The lowest BCUT2D eigenvalue weighted by Crippen LogP contribution is -2.33. The Morgan fingerprint density at radius 3 is 3.00 bits per heavy atom. The largest absolute Gasteiger partial charge is 0.370 e. The van der Waals surface area contributed by atoms with E-state index in [2.05, 4.69) is 11.1 Å². The summed E-state index contributed by atoms with van der Waals surface area (Å²) >= 11 is 0. The second kappa shape index (κ2) is 4.88. The van der Waals surface area contributed by atoms with Crippen molar-refractivity contribution in [1.82, 2.24) is 4.90 Å². The second-order valence-corrected chi connectivity index (χ2v) is 4.39. The van der Waals surface area contributed by atoms with Crippen LogP contribution in [0.25, 0.3) is 0 Å². The molecule has 0 amide bonds. The van der Waals surface area contributed by atoms with Gasteiger partial charge in [-0.05, 0) is 30.5 Å². The molecule has 1 aliphatic carbocycles. The van der Waals surface area contributed by atoms with Crippen LogP contribution in [0.15, 0.2) is 29.3 Å². The summed E-state index contributed by atoms with van der Waals surface area (Å²) in [5, 5.41) is 8.82. The topological polar surface area (TPSA) is 65.4 Å². The van der Waals surface area contributed by atoms with Gasteiger partial charge in [0.2, 0.25) is 0 Å². The minimum atomic E-state index is 0.433. The van der Waals surface area contributed by atoms with Crippen molar-refractivity contribution < 1.29 is 0 Å². The molecule has 17 heavy (non-hydrogen) atoms. The molecule has 0 saturated heterocycles. The quantitative estimate of drug-likeness (QED) is 0.629. The maximum atomic E-state index is 8.82. The summed E-state index contributed by atoms with van der Waals surface area (Å²) in [5.74, 6) is 0.579. The number of hydrogen-bond donors (Lipinski definition) is 1. The zero-order valence-corrected chi connectivity index (χ0v) is 9.93. The van der Waals surface area contributed by atoms with Crippen molar-refractivity contribution >= 4 is 5.96 Å². The summed E-state index contributed by atoms with van der Waals surface area (Å²) in [6, 6.07) is 10.1. The fraction of sp³-hybridized carbons (Fsp3) is 0.385. The van der Waals surface area contributed by atoms with Crippen LogP contribution in [0.5, 0.6) is 0 Å². The maximum Gasteiger partial charge on any atom is 0.191 e. The Kier molecular flexibility index (Phi) is 3.29. The van der Waals surface area contributed by atoms with Gasteiger partial charge < -0.3 is 10.6 Å². The molecule has 4 heteroatoms. The van der Waals surface area contributed by atoms with Crippen LogP contribution in [0.1, 0.15) is 24.0 Å². The number of aliphatic imine (C=N–C) groups is 1. The highest BCUT2D eigenvalue weighted by Crippen LogP contribution is 2.23. The molecule has 1 aromatic carbocycles. The Morgan fingerprint density at radius 2 is 2.35 bits per heavy atom. The van der Waals surface area contributed by atoms with Gasteiger partial charge in [-0.15, -0.1) is 0 Å². The molecule has 1 fully saturated rings. The molecular weight excluding hydrogens is 212 g/mol. The number of hydrogen-bond acceptors (Lipinski definition) is 2. The van der Waals surface area contributed by atoms with Crippen LogP contribution in [0.2, 0.25) is 0 Å². The van der Waals surface area contributed by atoms with Gasteiger partial charge in [-0.3, -0.25) is 0 Å². The van der Waals surface area contributed by atoms with E-state index < -0.39 is 0 Å². The molecule has 0 aliphatic heterocycles. The Hall–Kier alpha value is -2.02. The van der Waals surface area contributed by atoms with E-state index >= 15 is 0 Å². The van der Waals surface area contributed by atoms with Gasteiger partial charge in [-0.2, -0.15) is 5.26 Å². The van der Waals surface area contributed by atoms with Crippen molar-refractivity contribution in [2.75, 3.05) is 7.05 Å². The first-order chi connectivity index (χ1) is 8.19. The SMILES string of the molecule is CN(Cc1cccc(C#N)c1)C(N)=NC1CC1. The summed E-state index contributed by atoms with van der Waals surface area (Å²) in [4.78, 5) is 6.29. The number of rotatable bonds is 3. The molecule has 0 radical (unpaired) electrons. The van der Waals surface area contributed by atoms with E-state index in [-0.39, 0.29) is 0 Å². The van der Waals surface area contributed by atoms with E-state index in [0.29, 0.717) is 24.1 Å². The van der Waals surface area contributed by atoms with E-state index in [0.717, 1.165) is 18.4 Å². The Balaban J connectivity index is 2.01. The predicted octanol–water partition coefficient (Wildman–Crippen LogP) is 1.47. The molecule has 1 aliphatic rings. The third-order valence-electron chi connectivity index (χ3n) is 2.73. The highest BCUT2D eigenvalue weighted by Gasteiger charge is 2.21. The minimum Gasteiger partial charge on any atom is -0.370 e. The van der Waals surface area contributed by atoms with Crippen molar-refractivity contribution in [3.05, 3.63) is 35.4 Å². The number of nitrogens with two attached hydrogens (primary N) is 1. The zero-order chi connectivity index (χ0) is 12.3. The average molecular weight is 228 g/mol. The van der Waals surface area contributed by atoms with Crippen molar-refractivity contribution in [1.29, 1.82) is 5.26 Å². The van der Waals surface area contributed by atoms with Crippen LogP contribution in [-0.2, 0) is 6.54 Å². The minimum absolute atomic E-state index is 0.433. The molecule has 4 nitrogen and oxygen atoms in total. The van der Waals surface area contributed by atoms with Crippen LogP contribution < -0.4 is 5.73 Å². The first kappa shape index (κ1) is 11.5.